The quantitative estimate of drug-likeness (QED) is 0.569. The SMILES string of the molecule is C=C(C(=O)OC(C)(C)C)[C@H]1O[C@H](O)C=CC1=O. The van der Waals surface area contributed by atoms with Crippen LogP contribution in [-0.4, -0.2) is 34.9 Å². The molecule has 94 valence electrons. The number of hydrogen-bond donors (Lipinski definition) is 1. The van der Waals surface area contributed by atoms with Gasteiger partial charge in [0.1, 0.15) is 5.60 Å². The predicted octanol–water partition coefficient (Wildman–Crippen LogP) is 0.727. The van der Waals surface area contributed by atoms with Gasteiger partial charge in [0.2, 0.25) is 0 Å². The highest BCUT2D eigenvalue weighted by Crippen LogP contribution is 2.18. The molecule has 0 bridgehead atoms. The van der Waals surface area contributed by atoms with Crippen LogP contribution >= 0.6 is 0 Å². The van der Waals surface area contributed by atoms with Crippen LogP contribution in [0, 0.1) is 0 Å². The summed E-state index contributed by atoms with van der Waals surface area (Å²) in [4.78, 5) is 23.1. The molecule has 0 unspecified atom stereocenters. The van der Waals surface area contributed by atoms with Crippen LogP contribution in [0.5, 0.6) is 0 Å². The number of ether oxygens (including phenoxy) is 2. The first-order valence-electron chi connectivity index (χ1n) is 5.18. The van der Waals surface area contributed by atoms with Gasteiger partial charge in [-0.3, -0.25) is 4.79 Å². The molecular formula is C12H16O5. The molecule has 5 nitrogen and oxygen atoms in total. The Balaban J connectivity index is 2.74. The van der Waals surface area contributed by atoms with Gasteiger partial charge in [-0.15, -0.1) is 0 Å². The summed E-state index contributed by atoms with van der Waals surface area (Å²) in [5.74, 6) is -1.15. The van der Waals surface area contributed by atoms with Crippen LogP contribution < -0.4 is 0 Å². The summed E-state index contributed by atoms with van der Waals surface area (Å²) in [5.41, 5.74) is -0.792. The Morgan fingerprint density at radius 1 is 1.53 bits per heavy atom. The van der Waals surface area contributed by atoms with E-state index in [2.05, 4.69) is 6.58 Å². The third kappa shape index (κ3) is 3.80. The number of carbonyl (C=O) groups is 2. The molecule has 0 saturated heterocycles. The topological polar surface area (TPSA) is 72.8 Å². The summed E-state index contributed by atoms with van der Waals surface area (Å²) in [5, 5.41) is 9.21. The Morgan fingerprint density at radius 3 is 2.65 bits per heavy atom. The molecule has 0 aromatic rings. The van der Waals surface area contributed by atoms with Crippen molar-refractivity contribution >= 4 is 11.8 Å². The number of carbonyl (C=O) groups excluding carboxylic acids is 2. The van der Waals surface area contributed by atoms with Crippen LogP contribution in [0.4, 0.5) is 0 Å². The van der Waals surface area contributed by atoms with E-state index in [0.717, 1.165) is 6.08 Å². The lowest BCUT2D eigenvalue weighted by Crippen LogP contribution is -2.37. The van der Waals surface area contributed by atoms with Gasteiger partial charge in [-0.2, -0.15) is 0 Å². The molecule has 1 N–H and O–H groups in total. The lowest BCUT2D eigenvalue weighted by molar-refractivity contribution is -0.158. The van der Waals surface area contributed by atoms with Crippen molar-refractivity contribution in [1.29, 1.82) is 0 Å². The molecule has 0 radical (unpaired) electrons. The minimum absolute atomic E-state index is 0.117. The second kappa shape index (κ2) is 4.81. The Labute approximate surface area is 99.7 Å². The molecule has 0 aliphatic carbocycles. The van der Waals surface area contributed by atoms with Crippen molar-refractivity contribution in [2.75, 3.05) is 0 Å². The molecule has 1 heterocycles. The Kier molecular flexibility index (Phi) is 3.85. The number of rotatable bonds is 2. The standard InChI is InChI=1S/C12H16O5/c1-7(11(15)17-12(2,3)4)10-8(13)5-6-9(14)16-10/h5-6,9-10,14H,1H2,2-4H3/t9-,10+/m0/s1. The van der Waals surface area contributed by atoms with E-state index in [0.29, 0.717) is 0 Å². The predicted molar refractivity (Wildman–Crippen MR) is 60.0 cm³/mol. The Morgan fingerprint density at radius 2 is 2.12 bits per heavy atom. The minimum Gasteiger partial charge on any atom is -0.457 e. The maximum atomic E-state index is 11.7. The van der Waals surface area contributed by atoms with E-state index in [-0.39, 0.29) is 5.57 Å². The molecule has 0 aromatic heterocycles. The van der Waals surface area contributed by atoms with Crippen molar-refractivity contribution in [3.63, 3.8) is 0 Å². The summed E-state index contributed by atoms with van der Waals surface area (Å²) in [6.07, 6.45) is -0.0305. The van der Waals surface area contributed by atoms with Gasteiger partial charge in [0.25, 0.3) is 0 Å². The van der Waals surface area contributed by atoms with E-state index in [1.807, 2.05) is 0 Å². The van der Waals surface area contributed by atoms with Gasteiger partial charge in [-0.05, 0) is 32.9 Å². The van der Waals surface area contributed by atoms with Crippen molar-refractivity contribution in [1.82, 2.24) is 0 Å². The molecular weight excluding hydrogens is 224 g/mol. The van der Waals surface area contributed by atoms with Crippen LogP contribution in [0.15, 0.2) is 24.3 Å². The van der Waals surface area contributed by atoms with Crippen LogP contribution in [0.25, 0.3) is 0 Å². The zero-order valence-corrected chi connectivity index (χ0v) is 10.1. The number of aliphatic hydroxyl groups is 1. The monoisotopic (exact) mass is 240 g/mol. The first-order chi connectivity index (χ1) is 7.70. The van der Waals surface area contributed by atoms with Gasteiger partial charge in [-0.1, -0.05) is 6.58 Å². The first kappa shape index (κ1) is 13.6. The smallest absolute Gasteiger partial charge is 0.337 e. The average Bonchev–Trinajstić information content (AvgIpc) is 2.18. The van der Waals surface area contributed by atoms with E-state index < -0.39 is 29.7 Å². The zero-order valence-electron chi connectivity index (χ0n) is 10.1. The molecule has 2 atom stereocenters. The van der Waals surface area contributed by atoms with Gasteiger partial charge in [0.05, 0.1) is 5.57 Å². The van der Waals surface area contributed by atoms with Crippen LogP contribution in [0.2, 0.25) is 0 Å². The van der Waals surface area contributed by atoms with Crippen molar-refractivity contribution in [2.45, 2.75) is 38.8 Å². The largest absolute Gasteiger partial charge is 0.457 e. The third-order valence-corrected chi connectivity index (χ3v) is 1.94. The Hall–Kier alpha value is -1.46. The summed E-state index contributed by atoms with van der Waals surface area (Å²) >= 11 is 0. The van der Waals surface area contributed by atoms with E-state index in [1.165, 1.54) is 6.08 Å². The number of esters is 1. The van der Waals surface area contributed by atoms with E-state index in [9.17, 15) is 14.7 Å². The van der Waals surface area contributed by atoms with E-state index in [1.54, 1.807) is 20.8 Å². The van der Waals surface area contributed by atoms with Crippen LogP contribution in [0.1, 0.15) is 20.8 Å². The summed E-state index contributed by atoms with van der Waals surface area (Å²) in [6.45, 7) is 8.60. The molecule has 5 heteroatoms. The highest BCUT2D eigenvalue weighted by atomic mass is 16.6. The van der Waals surface area contributed by atoms with Gasteiger partial charge >= 0.3 is 5.97 Å². The first-order valence-corrected chi connectivity index (χ1v) is 5.18. The van der Waals surface area contributed by atoms with E-state index >= 15 is 0 Å². The van der Waals surface area contributed by atoms with Gasteiger partial charge in [0, 0.05) is 0 Å². The Bertz CT molecular complexity index is 375. The fourth-order valence-corrected chi connectivity index (χ4v) is 1.22. The molecule has 0 spiro atoms. The second-order valence-corrected chi connectivity index (χ2v) is 4.70. The molecule has 0 saturated carbocycles. The van der Waals surface area contributed by atoms with Crippen LogP contribution in [0.3, 0.4) is 0 Å². The summed E-state index contributed by atoms with van der Waals surface area (Å²) in [6, 6.07) is 0. The van der Waals surface area contributed by atoms with Crippen molar-refractivity contribution in [2.24, 2.45) is 0 Å². The normalized spacial score (nSPS) is 24.6. The zero-order chi connectivity index (χ0) is 13.2. The maximum Gasteiger partial charge on any atom is 0.337 e. The van der Waals surface area contributed by atoms with Crippen molar-refractivity contribution in [3.8, 4) is 0 Å². The number of hydrogen-bond acceptors (Lipinski definition) is 5. The maximum absolute atomic E-state index is 11.7. The lowest BCUT2D eigenvalue weighted by Gasteiger charge is -2.25. The van der Waals surface area contributed by atoms with Gasteiger partial charge in [0.15, 0.2) is 18.2 Å². The van der Waals surface area contributed by atoms with Crippen molar-refractivity contribution < 1.29 is 24.2 Å². The van der Waals surface area contributed by atoms with Crippen LogP contribution in [-0.2, 0) is 19.1 Å². The fraction of sp³-hybridized carbons (Fsp3) is 0.500. The fourth-order valence-electron chi connectivity index (χ4n) is 1.22. The number of aliphatic hydroxyl groups excluding tert-OH is 1. The average molecular weight is 240 g/mol. The highest BCUT2D eigenvalue weighted by Gasteiger charge is 2.32. The lowest BCUT2D eigenvalue weighted by atomic mass is 10.0. The second-order valence-electron chi connectivity index (χ2n) is 4.70. The van der Waals surface area contributed by atoms with E-state index in [4.69, 9.17) is 9.47 Å². The molecule has 17 heavy (non-hydrogen) atoms. The molecule has 0 aromatic carbocycles. The third-order valence-electron chi connectivity index (χ3n) is 1.94. The van der Waals surface area contributed by atoms with Gasteiger partial charge < -0.3 is 14.6 Å². The summed E-state index contributed by atoms with van der Waals surface area (Å²) in [7, 11) is 0. The highest BCUT2D eigenvalue weighted by molar-refractivity contribution is 6.04. The molecule has 1 aliphatic heterocycles. The molecule has 1 aliphatic rings. The summed E-state index contributed by atoms with van der Waals surface area (Å²) < 4.78 is 9.97. The minimum atomic E-state index is -1.21. The molecule has 0 fully saturated rings. The molecule has 0 amide bonds. The molecule has 1 rings (SSSR count). The number of ketones is 1. The van der Waals surface area contributed by atoms with Crippen molar-refractivity contribution in [3.05, 3.63) is 24.3 Å². The van der Waals surface area contributed by atoms with Gasteiger partial charge in [-0.25, -0.2) is 4.79 Å².